The minimum atomic E-state index is -0.586. The number of thioether (sulfide) groups is 1. The monoisotopic (exact) mass is 485 g/mol. The summed E-state index contributed by atoms with van der Waals surface area (Å²) >= 11 is 1.22. The van der Waals surface area contributed by atoms with Gasteiger partial charge in [0, 0.05) is 13.5 Å². The molecule has 180 valence electrons. The fourth-order valence-electron chi connectivity index (χ4n) is 3.32. The van der Waals surface area contributed by atoms with E-state index in [1.165, 1.54) is 18.8 Å². The highest BCUT2D eigenvalue weighted by Crippen LogP contribution is 2.32. The average molecular weight is 486 g/mol. The summed E-state index contributed by atoms with van der Waals surface area (Å²) in [6.45, 7) is 2.27. The Morgan fingerprint density at radius 3 is 2.44 bits per heavy atom. The molecule has 1 heterocycles. The highest BCUT2D eigenvalue weighted by Gasteiger charge is 2.35. The van der Waals surface area contributed by atoms with Crippen LogP contribution in [0.25, 0.3) is 0 Å². The molecule has 1 aliphatic heterocycles. The number of benzene rings is 2. The summed E-state index contributed by atoms with van der Waals surface area (Å²) in [6, 6.07) is 12.0. The molecule has 9 nitrogen and oxygen atoms in total. The first-order chi connectivity index (χ1) is 16.4. The third-order valence-corrected chi connectivity index (χ3v) is 6.26. The number of rotatable bonds is 8. The molecule has 0 bridgehead atoms. The number of carbonyl (C=O) groups excluding carboxylic acids is 3. The second kappa shape index (κ2) is 11.6. The smallest absolute Gasteiger partial charge is 0.338 e. The van der Waals surface area contributed by atoms with Gasteiger partial charge in [-0.2, -0.15) is 0 Å². The molecule has 0 aliphatic carbocycles. The van der Waals surface area contributed by atoms with Crippen molar-refractivity contribution in [3.05, 3.63) is 53.6 Å². The van der Waals surface area contributed by atoms with Gasteiger partial charge < -0.3 is 19.5 Å². The van der Waals surface area contributed by atoms with Gasteiger partial charge in [-0.05, 0) is 48.9 Å². The minimum absolute atomic E-state index is 0.0540. The lowest BCUT2D eigenvalue weighted by molar-refractivity contribution is -0.130. The van der Waals surface area contributed by atoms with Crippen LogP contribution in [0.1, 0.15) is 29.3 Å². The Hall–Kier alpha value is -3.53. The maximum atomic E-state index is 13.1. The summed E-state index contributed by atoms with van der Waals surface area (Å²) in [6.07, 6.45) is 0.0540. The largest absolute Gasteiger partial charge is 0.493 e. The van der Waals surface area contributed by atoms with Gasteiger partial charge in [-0.25, -0.2) is 9.79 Å². The molecule has 0 saturated carbocycles. The van der Waals surface area contributed by atoms with Crippen LogP contribution >= 0.6 is 11.8 Å². The summed E-state index contributed by atoms with van der Waals surface area (Å²) in [5.74, 6) is 0.256. The SMILES string of the molecule is CCOC(=O)c1ccc(N=C2S[C@H](C(=O)NC)CC(=O)N2Cc2ccc(OC)c(OC)c2)cc1. The first kappa shape index (κ1) is 25.1. The van der Waals surface area contributed by atoms with Gasteiger partial charge in [0.1, 0.15) is 0 Å². The van der Waals surface area contributed by atoms with Gasteiger partial charge in [0.05, 0.1) is 43.9 Å². The van der Waals surface area contributed by atoms with Crippen molar-refractivity contribution in [2.75, 3.05) is 27.9 Å². The average Bonchev–Trinajstić information content (AvgIpc) is 2.85. The predicted molar refractivity (Wildman–Crippen MR) is 130 cm³/mol. The van der Waals surface area contributed by atoms with E-state index < -0.39 is 11.2 Å². The van der Waals surface area contributed by atoms with Crippen LogP contribution in [0.4, 0.5) is 5.69 Å². The van der Waals surface area contributed by atoms with Gasteiger partial charge in [-0.3, -0.25) is 14.5 Å². The van der Waals surface area contributed by atoms with Crippen molar-refractivity contribution in [2.24, 2.45) is 4.99 Å². The van der Waals surface area contributed by atoms with Crippen LogP contribution < -0.4 is 14.8 Å². The molecule has 2 amide bonds. The Morgan fingerprint density at radius 2 is 1.82 bits per heavy atom. The summed E-state index contributed by atoms with van der Waals surface area (Å²) in [5, 5.41) is 2.40. The number of nitrogens with one attached hydrogen (secondary N) is 1. The zero-order valence-electron chi connectivity index (χ0n) is 19.5. The Morgan fingerprint density at radius 1 is 1.12 bits per heavy atom. The first-order valence-electron chi connectivity index (χ1n) is 10.7. The molecule has 1 fully saturated rings. The van der Waals surface area contributed by atoms with Crippen molar-refractivity contribution >= 4 is 40.4 Å². The van der Waals surface area contributed by atoms with Gasteiger partial charge in [0.25, 0.3) is 0 Å². The van der Waals surface area contributed by atoms with Crippen molar-refractivity contribution in [1.29, 1.82) is 0 Å². The molecular weight excluding hydrogens is 458 g/mol. The lowest BCUT2D eigenvalue weighted by Gasteiger charge is -2.31. The minimum Gasteiger partial charge on any atom is -0.493 e. The fraction of sp³-hybridized carbons (Fsp3) is 0.333. The Balaban J connectivity index is 1.92. The molecule has 0 unspecified atom stereocenters. The van der Waals surface area contributed by atoms with Gasteiger partial charge in [-0.1, -0.05) is 17.8 Å². The molecule has 2 aromatic carbocycles. The maximum Gasteiger partial charge on any atom is 0.338 e. The van der Waals surface area contributed by atoms with E-state index in [0.29, 0.717) is 27.9 Å². The number of ether oxygens (including phenoxy) is 3. The number of aliphatic imine (C=N–C) groups is 1. The molecule has 0 radical (unpaired) electrons. The van der Waals surface area contributed by atoms with Crippen molar-refractivity contribution in [3.8, 4) is 11.5 Å². The lowest BCUT2D eigenvalue weighted by atomic mass is 10.1. The van der Waals surface area contributed by atoms with E-state index in [4.69, 9.17) is 14.2 Å². The Bertz CT molecular complexity index is 1090. The van der Waals surface area contributed by atoms with E-state index in [-0.39, 0.29) is 31.4 Å². The molecule has 1 N–H and O–H groups in total. The van der Waals surface area contributed by atoms with Crippen LogP contribution in [0, 0.1) is 0 Å². The van der Waals surface area contributed by atoms with E-state index in [2.05, 4.69) is 10.3 Å². The molecule has 34 heavy (non-hydrogen) atoms. The number of esters is 1. The third-order valence-electron chi connectivity index (χ3n) is 5.07. The zero-order valence-corrected chi connectivity index (χ0v) is 20.3. The number of nitrogens with zero attached hydrogens (tertiary/aromatic N) is 2. The van der Waals surface area contributed by atoms with Crippen LogP contribution in [-0.2, 0) is 20.9 Å². The van der Waals surface area contributed by atoms with Gasteiger partial charge in [-0.15, -0.1) is 0 Å². The summed E-state index contributed by atoms with van der Waals surface area (Å²) < 4.78 is 15.7. The molecule has 1 aliphatic rings. The molecule has 10 heteroatoms. The third kappa shape index (κ3) is 5.88. The zero-order chi connectivity index (χ0) is 24.7. The lowest BCUT2D eigenvalue weighted by Crippen LogP contribution is -2.45. The highest BCUT2D eigenvalue weighted by molar-refractivity contribution is 8.15. The summed E-state index contributed by atoms with van der Waals surface area (Å²) in [5.41, 5.74) is 1.76. The summed E-state index contributed by atoms with van der Waals surface area (Å²) in [4.78, 5) is 43.4. The molecule has 3 rings (SSSR count). The fourth-order valence-corrected chi connectivity index (χ4v) is 4.47. The molecule has 0 aromatic heterocycles. The highest BCUT2D eigenvalue weighted by atomic mass is 32.2. The van der Waals surface area contributed by atoms with Crippen molar-refractivity contribution in [1.82, 2.24) is 10.2 Å². The molecule has 1 saturated heterocycles. The van der Waals surface area contributed by atoms with E-state index in [0.717, 1.165) is 5.56 Å². The molecule has 2 aromatic rings. The van der Waals surface area contributed by atoms with E-state index in [1.54, 1.807) is 62.4 Å². The Labute approximate surface area is 202 Å². The molecular formula is C24H27N3O6S. The standard InChI is InChI=1S/C24H27N3O6S/c1-5-33-23(30)16-7-9-17(10-8-16)26-24-27(21(28)13-20(34-24)22(29)25-2)14-15-6-11-18(31-3)19(12-15)32-4/h6-12,20H,5,13-14H2,1-4H3,(H,25,29)/t20-/m0/s1. The number of hydrogen-bond donors (Lipinski definition) is 1. The van der Waals surface area contributed by atoms with Crippen molar-refractivity contribution in [3.63, 3.8) is 0 Å². The second-order valence-electron chi connectivity index (χ2n) is 7.26. The van der Waals surface area contributed by atoms with Crippen molar-refractivity contribution in [2.45, 2.75) is 25.1 Å². The van der Waals surface area contributed by atoms with Gasteiger partial charge in [0.15, 0.2) is 16.7 Å². The number of methoxy groups -OCH3 is 2. The predicted octanol–water partition coefficient (Wildman–Crippen LogP) is 3.15. The van der Waals surface area contributed by atoms with E-state index >= 15 is 0 Å². The topological polar surface area (TPSA) is 107 Å². The second-order valence-corrected chi connectivity index (χ2v) is 8.43. The van der Waals surface area contributed by atoms with Crippen LogP contribution in [0.2, 0.25) is 0 Å². The van der Waals surface area contributed by atoms with Gasteiger partial charge in [0.2, 0.25) is 11.8 Å². The maximum absolute atomic E-state index is 13.1. The number of amidine groups is 1. The van der Waals surface area contributed by atoms with E-state index in [9.17, 15) is 14.4 Å². The molecule has 1 atom stereocenters. The number of hydrogen-bond acceptors (Lipinski definition) is 8. The quantitative estimate of drug-likeness (QED) is 0.573. The van der Waals surface area contributed by atoms with Crippen molar-refractivity contribution < 1.29 is 28.6 Å². The van der Waals surface area contributed by atoms with Crippen LogP contribution in [-0.4, -0.2) is 61.0 Å². The van der Waals surface area contributed by atoms with Gasteiger partial charge >= 0.3 is 5.97 Å². The number of amides is 2. The van der Waals surface area contributed by atoms with E-state index in [1.807, 2.05) is 6.07 Å². The normalized spacial score (nSPS) is 16.8. The van der Waals surface area contributed by atoms with Crippen LogP contribution in [0.3, 0.4) is 0 Å². The number of carbonyl (C=O) groups is 3. The van der Waals surface area contributed by atoms with Crippen LogP contribution in [0.5, 0.6) is 11.5 Å². The summed E-state index contributed by atoms with van der Waals surface area (Å²) in [7, 11) is 4.64. The van der Waals surface area contributed by atoms with Crippen LogP contribution in [0.15, 0.2) is 47.5 Å². The first-order valence-corrected chi connectivity index (χ1v) is 11.5. The molecule has 0 spiro atoms. The Kier molecular flexibility index (Phi) is 8.53.